The summed E-state index contributed by atoms with van der Waals surface area (Å²) >= 11 is 11.8. The first-order valence-corrected chi connectivity index (χ1v) is 9.49. The number of piperazine rings is 1. The van der Waals surface area contributed by atoms with Crippen molar-refractivity contribution < 1.29 is 9.18 Å². The van der Waals surface area contributed by atoms with Gasteiger partial charge in [-0.1, -0.05) is 23.2 Å². The Labute approximate surface area is 168 Å². The number of urea groups is 1. The van der Waals surface area contributed by atoms with E-state index in [0.29, 0.717) is 22.3 Å². The van der Waals surface area contributed by atoms with E-state index in [1.165, 1.54) is 12.1 Å². The van der Waals surface area contributed by atoms with Crippen molar-refractivity contribution in [1.82, 2.24) is 10.2 Å². The SMILES string of the molecule is O=C(NCCN1CCN(c2ccc(F)cc2)CC1)Nc1ccc(Cl)c(Cl)c1. The van der Waals surface area contributed by atoms with Crippen molar-refractivity contribution in [3.8, 4) is 0 Å². The first-order valence-electron chi connectivity index (χ1n) is 8.74. The molecule has 0 saturated carbocycles. The summed E-state index contributed by atoms with van der Waals surface area (Å²) in [7, 11) is 0. The summed E-state index contributed by atoms with van der Waals surface area (Å²) in [5.74, 6) is -0.220. The molecule has 144 valence electrons. The summed E-state index contributed by atoms with van der Waals surface area (Å²) in [5.41, 5.74) is 1.63. The monoisotopic (exact) mass is 410 g/mol. The number of benzene rings is 2. The van der Waals surface area contributed by atoms with E-state index in [9.17, 15) is 9.18 Å². The fourth-order valence-electron chi connectivity index (χ4n) is 2.96. The van der Waals surface area contributed by atoms with E-state index < -0.39 is 0 Å². The minimum Gasteiger partial charge on any atom is -0.369 e. The lowest BCUT2D eigenvalue weighted by atomic mass is 10.2. The summed E-state index contributed by atoms with van der Waals surface area (Å²) < 4.78 is 13.0. The third-order valence-electron chi connectivity index (χ3n) is 4.46. The molecule has 2 N–H and O–H groups in total. The molecule has 0 bridgehead atoms. The lowest BCUT2D eigenvalue weighted by Crippen LogP contribution is -2.48. The van der Waals surface area contributed by atoms with Gasteiger partial charge in [-0.15, -0.1) is 0 Å². The molecule has 5 nitrogen and oxygen atoms in total. The third kappa shape index (κ3) is 5.73. The summed E-state index contributed by atoms with van der Waals surface area (Å²) in [5, 5.41) is 6.41. The summed E-state index contributed by atoms with van der Waals surface area (Å²) in [6.07, 6.45) is 0. The number of halogens is 3. The van der Waals surface area contributed by atoms with E-state index in [1.54, 1.807) is 30.3 Å². The summed E-state index contributed by atoms with van der Waals surface area (Å²) in [4.78, 5) is 16.5. The van der Waals surface area contributed by atoms with Gasteiger partial charge in [0.1, 0.15) is 5.82 Å². The Morgan fingerprint density at radius 3 is 2.37 bits per heavy atom. The molecule has 0 radical (unpaired) electrons. The van der Waals surface area contributed by atoms with Gasteiger partial charge in [0.15, 0.2) is 0 Å². The van der Waals surface area contributed by atoms with E-state index in [0.717, 1.165) is 38.4 Å². The highest BCUT2D eigenvalue weighted by Gasteiger charge is 2.17. The van der Waals surface area contributed by atoms with Crippen LogP contribution in [0, 0.1) is 5.82 Å². The number of amides is 2. The Bertz CT molecular complexity index is 780. The molecule has 0 aromatic heterocycles. The van der Waals surface area contributed by atoms with Gasteiger partial charge in [-0.3, -0.25) is 4.90 Å². The quantitative estimate of drug-likeness (QED) is 0.780. The molecule has 1 saturated heterocycles. The van der Waals surface area contributed by atoms with Crippen LogP contribution in [-0.2, 0) is 0 Å². The van der Waals surface area contributed by atoms with Crippen LogP contribution in [0.1, 0.15) is 0 Å². The normalized spacial score (nSPS) is 14.9. The maximum atomic E-state index is 13.0. The number of nitrogens with one attached hydrogen (secondary N) is 2. The van der Waals surface area contributed by atoms with Crippen LogP contribution < -0.4 is 15.5 Å². The van der Waals surface area contributed by atoms with Gasteiger partial charge in [-0.2, -0.15) is 0 Å². The van der Waals surface area contributed by atoms with Crippen molar-refractivity contribution in [2.24, 2.45) is 0 Å². The molecule has 1 fully saturated rings. The number of carbonyl (C=O) groups excluding carboxylic acids is 1. The molecule has 2 aromatic rings. The minimum atomic E-state index is -0.279. The number of hydrogen-bond donors (Lipinski definition) is 2. The highest BCUT2D eigenvalue weighted by molar-refractivity contribution is 6.42. The maximum absolute atomic E-state index is 13.0. The molecule has 27 heavy (non-hydrogen) atoms. The molecule has 0 atom stereocenters. The van der Waals surface area contributed by atoms with Crippen LogP contribution in [0.2, 0.25) is 10.0 Å². The molecule has 0 aliphatic carbocycles. The fourth-order valence-corrected chi connectivity index (χ4v) is 3.26. The Balaban J connectivity index is 1.36. The maximum Gasteiger partial charge on any atom is 0.319 e. The number of rotatable bonds is 5. The minimum absolute atomic E-state index is 0.220. The van der Waals surface area contributed by atoms with Gasteiger partial charge >= 0.3 is 6.03 Å². The molecule has 0 unspecified atom stereocenters. The van der Waals surface area contributed by atoms with Crippen LogP contribution in [-0.4, -0.2) is 50.2 Å². The second kappa shape index (κ2) is 9.26. The van der Waals surface area contributed by atoms with Gasteiger partial charge in [0.2, 0.25) is 0 Å². The molecule has 2 aromatic carbocycles. The molecule has 8 heteroatoms. The lowest BCUT2D eigenvalue weighted by molar-refractivity contribution is 0.240. The zero-order valence-electron chi connectivity index (χ0n) is 14.7. The van der Waals surface area contributed by atoms with Crippen molar-refractivity contribution in [2.45, 2.75) is 0 Å². The van der Waals surface area contributed by atoms with Crippen LogP contribution in [0.4, 0.5) is 20.6 Å². The predicted molar refractivity (Wildman–Crippen MR) is 109 cm³/mol. The van der Waals surface area contributed by atoms with Gasteiger partial charge in [0.25, 0.3) is 0 Å². The molecule has 1 aliphatic heterocycles. The molecule has 3 rings (SSSR count). The van der Waals surface area contributed by atoms with Crippen molar-refractivity contribution in [3.63, 3.8) is 0 Å². The first kappa shape index (κ1) is 19.7. The van der Waals surface area contributed by atoms with E-state index in [-0.39, 0.29) is 11.8 Å². The predicted octanol–water partition coefficient (Wildman–Crippen LogP) is 4.08. The van der Waals surface area contributed by atoms with Crippen LogP contribution >= 0.6 is 23.2 Å². The van der Waals surface area contributed by atoms with E-state index in [4.69, 9.17) is 23.2 Å². The van der Waals surface area contributed by atoms with Crippen LogP contribution in [0.3, 0.4) is 0 Å². The molecule has 2 amide bonds. The van der Waals surface area contributed by atoms with Gasteiger partial charge in [-0.25, -0.2) is 9.18 Å². The smallest absolute Gasteiger partial charge is 0.319 e. The highest BCUT2D eigenvalue weighted by atomic mass is 35.5. The van der Waals surface area contributed by atoms with Crippen LogP contribution in [0.25, 0.3) is 0 Å². The van der Waals surface area contributed by atoms with E-state index in [2.05, 4.69) is 20.4 Å². The van der Waals surface area contributed by atoms with Crippen molar-refractivity contribution in [1.29, 1.82) is 0 Å². The summed E-state index contributed by atoms with van der Waals surface area (Å²) in [6.45, 7) is 4.86. The first-order chi connectivity index (χ1) is 13.0. The largest absolute Gasteiger partial charge is 0.369 e. The van der Waals surface area contributed by atoms with Gasteiger partial charge in [0, 0.05) is 50.6 Å². The number of anilines is 2. The zero-order valence-corrected chi connectivity index (χ0v) is 16.2. The van der Waals surface area contributed by atoms with Crippen molar-refractivity contribution in [3.05, 3.63) is 58.3 Å². The van der Waals surface area contributed by atoms with Crippen molar-refractivity contribution >= 4 is 40.6 Å². The lowest BCUT2D eigenvalue weighted by Gasteiger charge is -2.36. The summed E-state index contributed by atoms with van der Waals surface area (Å²) in [6, 6.07) is 11.2. The molecule has 0 spiro atoms. The van der Waals surface area contributed by atoms with Gasteiger partial charge in [-0.05, 0) is 42.5 Å². The second-order valence-corrected chi connectivity index (χ2v) is 7.13. The molecular formula is C19H21Cl2FN4O. The van der Waals surface area contributed by atoms with Crippen LogP contribution in [0.15, 0.2) is 42.5 Å². The molecular weight excluding hydrogens is 390 g/mol. The fraction of sp³-hybridized carbons (Fsp3) is 0.316. The Morgan fingerprint density at radius 1 is 1.00 bits per heavy atom. The Morgan fingerprint density at radius 2 is 1.70 bits per heavy atom. The number of hydrogen-bond acceptors (Lipinski definition) is 3. The standard InChI is InChI=1S/C19H21Cl2FN4O/c20-17-6-3-15(13-18(17)21)24-19(27)23-7-8-25-9-11-26(12-10-25)16-4-1-14(22)2-5-16/h1-6,13H,7-12H2,(H2,23,24,27). The van der Waals surface area contributed by atoms with Gasteiger partial charge in [0.05, 0.1) is 10.0 Å². The third-order valence-corrected chi connectivity index (χ3v) is 5.19. The Hall–Kier alpha value is -2.02. The topological polar surface area (TPSA) is 47.6 Å². The number of carbonyl (C=O) groups is 1. The molecule has 1 heterocycles. The molecule has 1 aliphatic rings. The average molecular weight is 411 g/mol. The number of nitrogens with zero attached hydrogens (tertiary/aromatic N) is 2. The van der Waals surface area contributed by atoms with Crippen molar-refractivity contribution in [2.75, 3.05) is 49.5 Å². The second-order valence-electron chi connectivity index (χ2n) is 6.31. The van der Waals surface area contributed by atoms with Gasteiger partial charge < -0.3 is 15.5 Å². The zero-order chi connectivity index (χ0) is 19.2. The van der Waals surface area contributed by atoms with Crippen LogP contribution in [0.5, 0.6) is 0 Å². The average Bonchev–Trinajstić information content (AvgIpc) is 2.66. The Kier molecular flexibility index (Phi) is 6.77. The van der Waals surface area contributed by atoms with E-state index in [1.807, 2.05) is 0 Å². The van der Waals surface area contributed by atoms with E-state index >= 15 is 0 Å². The highest BCUT2D eigenvalue weighted by Crippen LogP contribution is 2.24.